The number of methoxy groups -OCH3 is 1. The summed E-state index contributed by atoms with van der Waals surface area (Å²) in [5, 5.41) is 0. The summed E-state index contributed by atoms with van der Waals surface area (Å²) in [7, 11) is 0.126. The molecule has 2 aromatic carbocycles. The van der Waals surface area contributed by atoms with Crippen LogP contribution in [0.15, 0.2) is 41.3 Å². The summed E-state index contributed by atoms with van der Waals surface area (Å²) in [5.41, 5.74) is 3.66. The molecular formula is C21H29N3O3S. The van der Waals surface area contributed by atoms with Crippen molar-refractivity contribution in [3.05, 3.63) is 53.1 Å². The Hall–Kier alpha value is -2.09. The maximum Gasteiger partial charge on any atom is 0.241 e. The molecule has 152 valence electrons. The zero-order chi connectivity index (χ0) is 20.3. The van der Waals surface area contributed by atoms with Crippen molar-refractivity contribution in [1.29, 1.82) is 0 Å². The second-order valence-electron chi connectivity index (χ2n) is 7.30. The Morgan fingerprint density at radius 2 is 1.61 bits per heavy atom. The average Bonchev–Trinajstić information content (AvgIpc) is 2.69. The van der Waals surface area contributed by atoms with E-state index in [1.165, 1.54) is 5.69 Å². The van der Waals surface area contributed by atoms with Crippen LogP contribution in [0, 0.1) is 13.8 Å². The van der Waals surface area contributed by atoms with E-state index in [4.69, 9.17) is 4.74 Å². The van der Waals surface area contributed by atoms with Crippen molar-refractivity contribution in [3.8, 4) is 5.75 Å². The third kappa shape index (κ3) is 4.48. The molecule has 7 heteroatoms. The van der Waals surface area contributed by atoms with E-state index in [9.17, 15) is 8.42 Å². The van der Waals surface area contributed by atoms with E-state index in [2.05, 4.69) is 33.7 Å². The summed E-state index contributed by atoms with van der Waals surface area (Å²) in [5.74, 6) is 0.691. The van der Waals surface area contributed by atoms with Crippen LogP contribution in [0.5, 0.6) is 5.75 Å². The van der Waals surface area contributed by atoms with E-state index in [1.54, 1.807) is 26.2 Å². The van der Waals surface area contributed by atoms with Crippen molar-refractivity contribution in [2.45, 2.75) is 25.3 Å². The summed E-state index contributed by atoms with van der Waals surface area (Å²) in [4.78, 5) is 4.97. The number of likely N-dealkylation sites (N-methyl/N-ethyl adjacent to an activating group) is 1. The Kier molecular flexibility index (Phi) is 6.27. The van der Waals surface area contributed by atoms with Crippen molar-refractivity contribution in [2.75, 3.05) is 45.2 Å². The van der Waals surface area contributed by atoms with Gasteiger partial charge in [0, 0.05) is 38.4 Å². The Bertz CT molecular complexity index is 919. The van der Waals surface area contributed by atoms with Crippen LogP contribution in [0.4, 0.5) is 5.69 Å². The number of nitrogens with one attached hydrogen (secondary N) is 1. The normalized spacial score (nSPS) is 15.6. The molecule has 0 spiro atoms. The predicted octanol–water partition coefficient (Wildman–Crippen LogP) is 2.54. The van der Waals surface area contributed by atoms with Crippen LogP contribution in [0.25, 0.3) is 0 Å². The molecule has 6 nitrogen and oxygen atoms in total. The van der Waals surface area contributed by atoms with Gasteiger partial charge >= 0.3 is 0 Å². The SMILES string of the molecule is COc1ccc(S(=O)(=O)NCc2ccc(N3CCN(C)CC3)cc2)c(C)c1C. The number of ether oxygens (including phenoxy) is 1. The molecule has 0 radical (unpaired) electrons. The molecule has 1 N–H and O–H groups in total. The van der Waals surface area contributed by atoms with Crippen molar-refractivity contribution in [3.63, 3.8) is 0 Å². The van der Waals surface area contributed by atoms with Crippen molar-refractivity contribution < 1.29 is 13.2 Å². The number of hydrogen-bond acceptors (Lipinski definition) is 5. The second kappa shape index (κ2) is 8.51. The molecule has 0 amide bonds. The number of rotatable bonds is 6. The van der Waals surface area contributed by atoms with Crippen LogP contribution >= 0.6 is 0 Å². The van der Waals surface area contributed by atoms with Crippen LogP contribution in [0.1, 0.15) is 16.7 Å². The third-order valence-corrected chi connectivity index (χ3v) is 7.01. The van der Waals surface area contributed by atoms with Crippen molar-refractivity contribution >= 4 is 15.7 Å². The molecule has 1 saturated heterocycles. The summed E-state index contributed by atoms with van der Waals surface area (Å²) in [6.07, 6.45) is 0. The maximum absolute atomic E-state index is 12.8. The lowest BCUT2D eigenvalue weighted by Crippen LogP contribution is -2.44. The fourth-order valence-corrected chi connectivity index (χ4v) is 4.74. The Morgan fingerprint density at radius 1 is 0.964 bits per heavy atom. The predicted molar refractivity (Wildman–Crippen MR) is 113 cm³/mol. The van der Waals surface area contributed by atoms with Gasteiger partial charge in [-0.15, -0.1) is 0 Å². The van der Waals surface area contributed by atoms with E-state index >= 15 is 0 Å². The van der Waals surface area contributed by atoms with Gasteiger partial charge in [-0.2, -0.15) is 0 Å². The second-order valence-corrected chi connectivity index (χ2v) is 9.03. The van der Waals surface area contributed by atoms with Gasteiger partial charge < -0.3 is 14.5 Å². The van der Waals surface area contributed by atoms with Crippen molar-refractivity contribution in [1.82, 2.24) is 9.62 Å². The summed E-state index contributed by atoms with van der Waals surface area (Å²) >= 11 is 0. The zero-order valence-corrected chi connectivity index (χ0v) is 17.8. The molecule has 1 aliphatic heterocycles. The molecule has 0 bridgehead atoms. The quantitative estimate of drug-likeness (QED) is 0.803. The van der Waals surface area contributed by atoms with Crippen molar-refractivity contribution in [2.24, 2.45) is 0 Å². The van der Waals surface area contributed by atoms with Gasteiger partial charge in [-0.25, -0.2) is 13.1 Å². The fraction of sp³-hybridized carbons (Fsp3) is 0.429. The van der Waals surface area contributed by atoms with Gasteiger partial charge in [0.15, 0.2) is 0 Å². The monoisotopic (exact) mass is 403 g/mol. The molecule has 28 heavy (non-hydrogen) atoms. The topological polar surface area (TPSA) is 61.9 Å². The first kappa shape index (κ1) is 20.6. The summed E-state index contributed by atoms with van der Waals surface area (Å²) in [6, 6.07) is 11.4. The lowest BCUT2D eigenvalue weighted by atomic mass is 10.1. The Balaban J connectivity index is 1.67. The molecule has 0 aliphatic carbocycles. The van der Waals surface area contributed by atoms with Crippen LogP contribution < -0.4 is 14.4 Å². The van der Waals surface area contributed by atoms with Gasteiger partial charge in [0.05, 0.1) is 12.0 Å². The van der Waals surface area contributed by atoms with E-state index in [0.717, 1.165) is 37.3 Å². The van der Waals surface area contributed by atoms with E-state index in [0.29, 0.717) is 16.2 Å². The molecule has 1 heterocycles. The van der Waals surface area contributed by atoms with Gasteiger partial charge in [0.25, 0.3) is 0 Å². The number of nitrogens with zero attached hydrogens (tertiary/aromatic N) is 2. The highest BCUT2D eigenvalue weighted by Crippen LogP contribution is 2.27. The number of sulfonamides is 1. The van der Waals surface area contributed by atoms with Gasteiger partial charge in [-0.3, -0.25) is 0 Å². The highest BCUT2D eigenvalue weighted by molar-refractivity contribution is 7.89. The molecule has 0 saturated carbocycles. The minimum Gasteiger partial charge on any atom is -0.496 e. The molecule has 0 aromatic heterocycles. The molecule has 2 aromatic rings. The van der Waals surface area contributed by atoms with Crippen LogP contribution in [0.2, 0.25) is 0 Å². The molecular weight excluding hydrogens is 374 g/mol. The first-order valence-corrected chi connectivity index (χ1v) is 11.0. The minimum absolute atomic E-state index is 0.260. The van der Waals surface area contributed by atoms with Crippen LogP contribution in [-0.2, 0) is 16.6 Å². The molecule has 0 unspecified atom stereocenters. The molecule has 0 atom stereocenters. The lowest BCUT2D eigenvalue weighted by molar-refractivity contribution is 0.313. The third-order valence-electron chi connectivity index (χ3n) is 5.47. The fourth-order valence-electron chi connectivity index (χ4n) is 3.43. The van der Waals surface area contributed by atoms with E-state index < -0.39 is 10.0 Å². The highest BCUT2D eigenvalue weighted by Gasteiger charge is 2.19. The summed E-state index contributed by atoms with van der Waals surface area (Å²) in [6.45, 7) is 8.07. The van der Waals surface area contributed by atoms with Gasteiger partial charge in [-0.1, -0.05) is 12.1 Å². The van der Waals surface area contributed by atoms with Crippen LogP contribution in [-0.4, -0.2) is 53.7 Å². The standard InChI is InChI=1S/C21H29N3O3S/c1-16-17(2)21(10-9-20(16)27-4)28(25,26)22-15-18-5-7-19(8-6-18)24-13-11-23(3)12-14-24/h5-10,22H,11-15H2,1-4H3. The molecule has 1 aliphatic rings. The van der Waals surface area contributed by atoms with Crippen LogP contribution in [0.3, 0.4) is 0 Å². The highest BCUT2D eigenvalue weighted by atomic mass is 32.2. The lowest BCUT2D eigenvalue weighted by Gasteiger charge is -2.34. The van der Waals surface area contributed by atoms with Gasteiger partial charge in [-0.05, 0) is 61.9 Å². The number of anilines is 1. The Morgan fingerprint density at radius 3 is 2.21 bits per heavy atom. The number of piperazine rings is 1. The first-order chi connectivity index (χ1) is 13.3. The van der Waals surface area contributed by atoms with Gasteiger partial charge in [0.1, 0.15) is 5.75 Å². The molecule has 1 fully saturated rings. The average molecular weight is 404 g/mol. The largest absolute Gasteiger partial charge is 0.496 e. The first-order valence-electron chi connectivity index (χ1n) is 9.48. The number of benzene rings is 2. The van der Waals surface area contributed by atoms with E-state index in [1.807, 2.05) is 19.1 Å². The summed E-state index contributed by atoms with van der Waals surface area (Å²) < 4.78 is 33.5. The maximum atomic E-state index is 12.8. The molecule has 3 rings (SSSR count). The van der Waals surface area contributed by atoms with Gasteiger partial charge in [0.2, 0.25) is 10.0 Å². The smallest absolute Gasteiger partial charge is 0.241 e. The Labute approximate surface area is 168 Å². The van der Waals surface area contributed by atoms with E-state index in [-0.39, 0.29) is 6.54 Å². The number of hydrogen-bond donors (Lipinski definition) is 1. The zero-order valence-electron chi connectivity index (χ0n) is 17.0. The minimum atomic E-state index is -3.59.